The van der Waals surface area contributed by atoms with Crippen molar-refractivity contribution in [3.05, 3.63) is 29.3 Å². The lowest BCUT2D eigenvalue weighted by molar-refractivity contribution is 0.0654. The average molecular weight is 261 g/mol. The number of hydrogen-bond acceptors (Lipinski definition) is 3. The van der Waals surface area contributed by atoms with Gasteiger partial charge in [-0.3, -0.25) is 4.90 Å². The molecule has 0 amide bonds. The van der Waals surface area contributed by atoms with Crippen LogP contribution in [-0.2, 0) is 13.0 Å². The lowest BCUT2D eigenvalue weighted by atomic mass is 10.00. The normalized spacial score (nSPS) is 25.9. The highest BCUT2D eigenvalue weighted by atomic mass is 16.5. The van der Waals surface area contributed by atoms with Gasteiger partial charge >= 0.3 is 0 Å². The zero-order valence-corrected chi connectivity index (χ0v) is 11.9. The molecular formula is C16H23NO2. The van der Waals surface area contributed by atoms with E-state index in [0.717, 1.165) is 44.6 Å². The van der Waals surface area contributed by atoms with Gasteiger partial charge in [0.1, 0.15) is 11.4 Å². The van der Waals surface area contributed by atoms with E-state index >= 15 is 0 Å². The third kappa shape index (κ3) is 2.77. The molecule has 0 spiro atoms. The summed E-state index contributed by atoms with van der Waals surface area (Å²) in [5.74, 6) is 1.08. The molecule has 19 heavy (non-hydrogen) atoms. The van der Waals surface area contributed by atoms with Gasteiger partial charge < -0.3 is 9.84 Å². The van der Waals surface area contributed by atoms with Crippen LogP contribution >= 0.6 is 0 Å². The fourth-order valence-corrected chi connectivity index (χ4v) is 3.22. The minimum Gasteiger partial charge on any atom is -0.487 e. The molecule has 0 saturated carbocycles. The maximum absolute atomic E-state index is 9.76. The topological polar surface area (TPSA) is 32.7 Å². The minimum absolute atomic E-state index is 0.0835. The molecule has 0 radical (unpaired) electrons. The van der Waals surface area contributed by atoms with Gasteiger partial charge in [-0.15, -0.1) is 0 Å². The van der Waals surface area contributed by atoms with Crippen molar-refractivity contribution < 1.29 is 9.84 Å². The van der Waals surface area contributed by atoms with E-state index in [-0.39, 0.29) is 11.7 Å². The molecule has 0 aliphatic carbocycles. The highest BCUT2D eigenvalue weighted by Gasteiger charge is 2.32. The molecule has 0 bridgehead atoms. The van der Waals surface area contributed by atoms with Gasteiger partial charge in [0.2, 0.25) is 0 Å². The summed E-state index contributed by atoms with van der Waals surface area (Å²) in [5.41, 5.74) is 2.50. The largest absolute Gasteiger partial charge is 0.487 e. The maximum Gasteiger partial charge on any atom is 0.127 e. The predicted molar refractivity (Wildman–Crippen MR) is 75.4 cm³/mol. The second-order valence-electron chi connectivity index (χ2n) is 6.48. The molecule has 1 aromatic carbocycles. The molecule has 2 aliphatic rings. The summed E-state index contributed by atoms with van der Waals surface area (Å²) in [6.07, 6.45) is 2.84. The number of piperidine rings is 1. The Morgan fingerprint density at radius 1 is 1.42 bits per heavy atom. The van der Waals surface area contributed by atoms with Crippen molar-refractivity contribution in [1.82, 2.24) is 4.90 Å². The number of para-hydroxylation sites is 1. The highest BCUT2D eigenvalue weighted by Crippen LogP contribution is 2.38. The molecule has 1 unspecified atom stereocenters. The van der Waals surface area contributed by atoms with Gasteiger partial charge in [-0.1, -0.05) is 18.2 Å². The molecule has 1 atom stereocenters. The molecular weight excluding hydrogens is 238 g/mol. The third-order valence-electron chi connectivity index (χ3n) is 4.05. The first-order valence-corrected chi connectivity index (χ1v) is 7.24. The number of β-amino-alcohol motifs (C(OH)–C–C–N with tert-alkyl or cyclic N) is 1. The summed E-state index contributed by atoms with van der Waals surface area (Å²) < 4.78 is 6.10. The number of fused-ring (bicyclic) bond motifs is 1. The number of aliphatic hydroxyl groups excluding tert-OH is 1. The second kappa shape index (κ2) is 4.80. The van der Waals surface area contributed by atoms with E-state index in [2.05, 4.69) is 36.9 Å². The standard InChI is InChI=1S/C16H23NO2/c1-16(2)9-12-5-3-6-13(15(12)19-16)10-17-8-4-7-14(18)11-17/h3,5-6,14,18H,4,7-11H2,1-2H3. The van der Waals surface area contributed by atoms with Gasteiger partial charge in [-0.05, 0) is 38.8 Å². The first kappa shape index (κ1) is 12.9. The molecule has 2 aliphatic heterocycles. The molecule has 1 aromatic rings. The number of rotatable bonds is 2. The number of hydrogen-bond donors (Lipinski definition) is 1. The quantitative estimate of drug-likeness (QED) is 0.887. The second-order valence-corrected chi connectivity index (χ2v) is 6.48. The van der Waals surface area contributed by atoms with Crippen molar-refractivity contribution in [2.75, 3.05) is 13.1 Å². The SMILES string of the molecule is CC1(C)Cc2cccc(CN3CCCC(O)C3)c2O1. The molecule has 3 rings (SSSR count). The summed E-state index contributed by atoms with van der Waals surface area (Å²) in [4.78, 5) is 2.33. The summed E-state index contributed by atoms with van der Waals surface area (Å²) in [6.45, 7) is 7.02. The molecule has 0 aromatic heterocycles. The van der Waals surface area contributed by atoms with Crippen LogP contribution < -0.4 is 4.74 Å². The Morgan fingerprint density at radius 2 is 2.26 bits per heavy atom. The van der Waals surface area contributed by atoms with Crippen molar-refractivity contribution in [1.29, 1.82) is 0 Å². The van der Waals surface area contributed by atoms with Crippen molar-refractivity contribution in [3.8, 4) is 5.75 Å². The van der Waals surface area contributed by atoms with Crippen molar-refractivity contribution in [2.24, 2.45) is 0 Å². The molecule has 3 nitrogen and oxygen atoms in total. The van der Waals surface area contributed by atoms with E-state index in [4.69, 9.17) is 4.74 Å². The summed E-state index contributed by atoms with van der Waals surface area (Å²) in [7, 11) is 0. The van der Waals surface area contributed by atoms with Crippen LogP contribution in [0.15, 0.2) is 18.2 Å². The van der Waals surface area contributed by atoms with Crippen molar-refractivity contribution >= 4 is 0 Å². The zero-order chi connectivity index (χ0) is 13.5. The fourth-order valence-electron chi connectivity index (χ4n) is 3.22. The smallest absolute Gasteiger partial charge is 0.127 e. The molecule has 2 heterocycles. The van der Waals surface area contributed by atoms with Crippen molar-refractivity contribution in [3.63, 3.8) is 0 Å². The van der Waals surface area contributed by atoms with Crippen LogP contribution in [0.4, 0.5) is 0 Å². The van der Waals surface area contributed by atoms with Gasteiger partial charge in [-0.25, -0.2) is 0 Å². The first-order valence-electron chi connectivity index (χ1n) is 7.24. The van der Waals surface area contributed by atoms with Crippen LogP contribution in [0.5, 0.6) is 5.75 Å². The predicted octanol–water partition coefficient (Wildman–Crippen LogP) is 2.36. The molecule has 1 fully saturated rings. The summed E-state index contributed by atoms with van der Waals surface area (Å²) in [5, 5.41) is 9.76. The van der Waals surface area contributed by atoms with E-state index in [1.807, 2.05) is 0 Å². The lowest BCUT2D eigenvalue weighted by Crippen LogP contribution is -2.37. The molecule has 1 N–H and O–H groups in total. The van der Waals surface area contributed by atoms with Gasteiger partial charge in [0.25, 0.3) is 0 Å². The Morgan fingerprint density at radius 3 is 3.05 bits per heavy atom. The van der Waals surface area contributed by atoms with Crippen LogP contribution in [0, 0.1) is 0 Å². The van der Waals surface area contributed by atoms with Gasteiger partial charge in [0.05, 0.1) is 6.10 Å². The average Bonchev–Trinajstić information content (AvgIpc) is 2.64. The molecule has 3 heteroatoms. The van der Waals surface area contributed by atoms with E-state index < -0.39 is 0 Å². The number of aliphatic hydroxyl groups is 1. The Labute approximate surface area is 115 Å². The number of nitrogens with zero attached hydrogens (tertiary/aromatic N) is 1. The Kier molecular flexibility index (Phi) is 3.27. The van der Waals surface area contributed by atoms with E-state index in [1.54, 1.807) is 0 Å². The Bertz CT molecular complexity index is 470. The van der Waals surface area contributed by atoms with Crippen LogP contribution in [0.2, 0.25) is 0 Å². The van der Waals surface area contributed by atoms with Gasteiger partial charge in [0.15, 0.2) is 0 Å². The van der Waals surface area contributed by atoms with E-state index in [1.165, 1.54) is 11.1 Å². The van der Waals surface area contributed by atoms with Crippen LogP contribution in [0.25, 0.3) is 0 Å². The fraction of sp³-hybridized carbons (Fsp3) is 0.625. The monoisotopic (exact) mass is 261 g/mol. The van der Waals surface area contributed by atoms with Crippen LogP contribution in [0.3, 0.4) is 0 Å². The first-order chi connectivity index (χ1) is 9.03. The number of likely N-dealkylation sites (tertiary alicyclic amines) is 1. The Hall–Kier alpha value is -1.06. The van der Waals surface area contributed by atoms with E-state index in [0.29, 0.717) is 0 Å². The lowest BCUT2D eigenvalue weighted by Gasteiger charge is -2.30. The number of ether oxygens (including phenoxy) is 1. The van der Waals surface area contributed by atoms with Crippen molar-refractivity contribution in [2.45, 2.75) is 51.4 Å². The zero-order valence-electron chi connectivity index (χ0n) is 11.9. The maximum atomic E-state index is 9.76. The highest BCUT2D eigenvalue weighted by molar-refractivity contribution is 5.45. The van der Waals surface area contributed by atoms with Crippen LogP contribution in [-0.4, -0.2) is 34.8 Å². The molecule has 1 saturated heterocycles. The van der Waals surface area contributed by atoms with Crippen LogP contribution in [0.1, 0.15) is 37.8 Å². The molecule has 104 valence electrons. The summed E-state index contributed by atoms with van der Waals surface area (Å²) in [6, 6.07) is 6.44. The van der Waals surface area contributed by atoms with Gasteiger partial charge in [-0.2, -0.15) is 0 Å². The van der Waals surface area contributed by atoms with E-state index in [9.17, 15) is 5.11 Å². The Balaban J connectivity index is 1.78. The summed E-state index contributed by atoms with van der Waals surface area (Å²) >= 11 is 0. The third-order valence-corrected chi connectivity index (χ3v) is 4.05. The van der Waals surface area contributed by atoms with Gasteiger partial charge in [0, 0.05) is 25.1 Å². The number of benzene rings is 1. The minimum atomic E-state index is -0.164.